The first-order valence-electron chi connectivity index (χ1n) is 12.0. The fourth-order valence-corrected chi connectivity index (χ4v) is 5.10. The molecule has 0 saturated carbocycles. The number of anilines is 2. The minimum atomic E-state index is -0.912. The number of carbonyl (C=O) groups is 2. The topological polar surface area (TPSA) is 85.2 Å². The molecule has 0 radical (unpaired) electrons. The van der Waals surface area contributed by atoms with E-state index in [1.165, 1.54) is 0 Å². The average Bonchev–Trinajstić information content (AvgIpc) is 2.84. The normalized spacial score (nSPS) is 21.1. The number of fused-ring (bicyclic) bond motifs is 3. The van der Waals surface area contributed by atoms with Crippen molar-refractivity contribution in [3.05, 3.63) is 71.4 Å². The average molecular weight is 459 g/mol. The summed E-state index contributed by atoms with van der Waals surface area (Å²) >= 11 is 0. The molecule has 1 fully saturated rings. The minimum absolute atomic E-state index is 0.0467. The van der Waals surface area contributed by atoms with Gasteiger partial charge >= 0.3 is 0 Å². The molecule has 3 heterocycles. The molecule has 0 spiro atoms. The lowest BCUT2D eigenvalue weighted by Crippen LogP contribution is -2.46. The number of benzene rings is 2. The highest BCUT2D eigenvalue weighted by molar-refractivity contribution is 6.50. The van der Waals surface area contributed by atoms with Crippen molar-refractivity contribution in [1.82, 2.24) is 4.90 Å². The predicted octanol–water partition coefficient (Wildman–Crippen LogP) is 4.05. The number of aliphatic hydroxyl groups is 1. The number of piperidine rings is 1. The van der Waals surface area contributed by atoms with E-state index in [9.17, 15) is 14.7 Å². The van der Waals surface area contributed by atoms with Crippen LogP contribution < -0.4 is 10.2 Å². The maximum absolute atomic E-state index is 13.3. The number of aliphatic imine (C=N–C) groups is 1. The Kier molecular flexibility index (Phi) is 5.73. The summed E-state index contributed by atoms with van der Waals surface area (Å²) in [6, 6.07) is 15.1. The highest BCUT2D eigenvalue weighted by Gasteiger charge is 2.37. The lowest BCUT2D eigenvalue weighted by Gasteiger charge is -2.39. The van der Waals surface area contributed by atoms with Gasteiger partial charge in [-0.3, -0.25) is 19.5 Å². The summed E-state index contributed by atoms with van der Waals surface area (Å²) in [5.74, 6) is 0.0565. The molecule has 2 N–H and O–H groups in total. The first-order valence-corrected chi connectivity index (χ1v) is 12.0. The molecule has 0 bridgehead atoms. The van der Waals surface area contributed by atoms with Gasteiger partial charge in [-0.2, -0.15) is 0 Å². The van der Waals surface area contributed by atoms with Crippen molar-refractivity contribution >= 4 is 29.0 Å². The highest BCUT2D eigenvalue weighted by atomic mass is 16.3. The zero-order valence-corrected chi connectivity index (χ0v) is 19.6. The van der Waals surface area contributed by atoms with Crippen LogP contribution in [0.5, 0.6) is 0 Å². The van der Waals surface area contributed by atoms with Crippen molar-refractivity contribution < 1.29 is 14.7 Å². The van der Waals surface area contributed by atoms with Gasteiger partial charge in [-0.1, -0.05) is 43.7 Å². The summed E-state index contributed by atoms with van der Waals surface area (Å²) in [6.07, 6.45) is 4.87. The van der Waals surface area contributed by atoms with Crippen LogP contribution in [-0.4, -0.2) is 46.8 Å². The first-order chi connectivity index (χ1) is 16.4. The molecule has 1 unspecified atom stereocenters. The molecule has 2 amide bonds. The van der Waals surface area contributed by atoms with Gasteiger partial charge < -0.3 is 15.3 Å². The van der Waals surface area contributed by atoms with Gasteiger partial charge in [0.15, 0.2) is 5.84 Å². The third-order valence-electron chi connectivity index (χ3n) is 6.89. The quantitative estimate of drug-likeness (QED) is 0.724. The fraction of sp³-hybridized carbons (Fsp3) is 0.370. The van der Waals surface area contributed by atoms with Gasteiger partial charge in [0.25, 0.3) is 11.8 Å². The maximum atomic E-state index is 13.3. The molecule has 0 aromatic heterocycles. The van der Waals surface area contributed by atoms with E-state index in [1.54, 1.807) is 11.0 Å². The predicted molar refractivity (Wildman–Crippen MR) is 133 cm³/mol. The number of rotatable bonds is 4. The number of hydrogen-bond donors (Lipinski definition) is 2. The van der Waals surface area contributed by atoms with Gasteiger partial charge in [0.05, 0.1) is 23.0 Å². The van der Waals surface area contributed by atoms with E-state index in [0.29, 0.717) is 43.0 Å². The van der Waals surface area contributed by atoms with Crippen LogP contribution in [0.25, 0.3) is 0 Å². The van der Waals surface area contributed by atoms with Crippen molar-refractivity contribution in [2.45, 2.75) is 51.2 Å². The van der Waals surface area contributed by atoms with E-state index in [1.807, 2.05) is 54.3 Å². The Morgan fingerprint density at radius 2 is 1.91 bits per heavy atom. The summed E-state index contributed by atoms with van der Waals surface area (Å²) in [6.45, 7) is 5.03. The molecule has 1 atom stereocenters. The van der Waals surface area contributed by atoms with Crippen LogP contribution in [0, 0.1) is 0 Å². The summed E-state index contributed by atoms with van der Waals surface area (Å²) in [5, 5.41) is 14.0. The first kappa shape index (κ1) is 22.3. The lowest BCUT2D eigenvalue weighted by molar-refractivity contribution is -0.110. The zero-order valence-electron chi connectivity index (χ0n) is 19.6. The molecule has 5 rings (SSSR count). The number of nitrogens with one attached hydrogen (secondary N) is 1. The number of hydrogen-bond acceptors (Lipinski definition) is 5. The molecule has 176 valence electrons. The van der Waals surface area contributed by atoms with Crippen molar-refractivity contribution in [2.75, 3.05) is 23.3 Å². The number of amides is 2. The summed E-state index contributed by atoms with van der Waals surface area (Å²) in [4.78, 5) is 34.4. The molecule has 0 aliphatic carbocycles. The van der Waals surface area contributed by atoms with E-state index in [-0.39, 0.29) is 17.9 Å². The van der Waals surface area contributed by atoms with Crippen LogP contribution in [0.3, 0.4) is 0 Å². The molecule has 34 heavy (non-hydrogen) atoms. The minimum Gasteiger partial charge on any atom is -0.385 e. The van der Waals surface area contributed by atoms with Crippen LogP contribution in [0.2, 0.25) is 0 Å². The number of likely N-dealkylation sites (tertiary alicyclic amines) is 1. The highest BCUT2D eigenvalue weighted by Crippen LogP contribution is 2.38. The lowest BCUT2D eigenvalue weighted by atomic mass is 9.84. The van der Waals surface area contributed by atoms with Crippen molar-refractivity contribution in [2.24, 2.45) is 4.99 Å². The van der Waals surface area contributed by atoms with Crippen molar-refractivity contribution in [1.29, 1.82) is 0 Å². The second-order valence-electron chi connectivity index (χ2n) is 9.31. The Balaban J connectivity index is 1.37. The number of carbonyl (C=O) groups excluding carboxylic acids is 2. The van der Waals surface area contributed by atoms with Gasteiger partial charge in [0.2, 0.25) is 0 Å². The molecule has 7 nitrogen and oxygen atoms in total. The van der Waals surface area contributed by atoms with E-state index in [2.05, 4.69) is 23.3 Å². The van der Waals surface area contributed by atoms with E-state index < -0.39 is 5.60 Å². The van der Waals surface area contributed by atoms with Crippen LogP contribution in [0.1, 0.15) is 55.5 Å². The van der Waals surface area contributed by atoms with Gasteiger partial charge in [0, 0.05) is 24.4 Å². The monoisotopic (exact) mass is 458 g/mol. The van der Waals surface area contributed by atoms with Crippen LogP contribution in [0.4, 0.5) is 11.4 Å². The van der Waals surface area contributed by atoms with Gasteiger partial charge in [-0.15, -0.1) is 0 Å². The summed E-state index contributed by atoms with van der Waals surface area (Å²) < 4.78 is 0. The molecular weight excluding hydrogens is 428 g/mol. The Hall–Kier alpha value is -3.45. The van der Waals surface area contributed by atoms with E-state index in [4.69, 9.17) is 0 Å². The van der Waals surface area contributed by atoms with Gasteiger partial charge in [-0.25, -0.2) is 0 Å². The van der Waals surface area contributed by atoms with Crippen LogP contribution in [-0.2, 0) is 10.4 Å². The third kappa shape index (κ3) is 3.90. The molecule has 3 aliphatic heterocycles. The van der Waals surface area contributed by atoms with Crippen molar-refractivity contribution in [3.8, 4) is 0 Å². The van der Waals surface area contributed by atoms with Crippen LogP contribution in [0.15, 0.2) is 65.3 Å². The molecule has 7 heteroatoms. The Morgan fingerprint density at radius 1 is 1.18 bits per heavy atom. The maximum Gasteiger partial charge on any atom is 0.291 e. The Labute approximate surface area is 199 Å². The number of nitrogens with zero attached hydrogens (tertiary/aromatic N) is 3. The Bertz CT molecular complexity index is 1180. The zero-order chi connectivity index (χ0) is 23.9. The Morgan fingerprint density at radius 3 is 2.62 bits per heavy atom. The molecule has 1 saturated heterocycles. The smallest absolute Gasteiger partial charge is 0.291 e. The standard InChI is InChI=1S/C27H30N4O3/c1-3-7-21-16-18(2)28-24-25(32)29-22-17-19(10-11-23(22)31(21)24)26(33)30-14-12-27(34,13-15-30)20-8-5-4-6-9-20/h4-6,8-11,16-18,34H,3,7,12-15H2,1-2H3,(H,29,32). The number of allylic oxidation sites excluding steroid dienone is 1. The van der Waals surface area contributed by atoms with Gasteiger partial charge in [0.1, 0.15) is 0 Å². The fourth-order valence-electron chi connectivity index (χ4n) is 5.10. The van der Waals surface area contributed by atoms with Crippen LogP contribution >= 0.6 is 0 Å². The SMILES string of the molecule is CCCC1=CC(C)N=C2C(=O)Nc3cc(C(=O)N4CCC(O)(c5ccccc5)CC4)ccc3N12. The molecule has 2 aromatic carbocycles. The van der Waals surface area contributed by atoms with E-state index >= 15 is 0 Å². The molecule has 3 aliphatic rings. The second-order valence-corrected chi connectivity index (χ2v) is 9.31. The second kappa shape index (κ2) is 8.72. The van der Waals surface area contributed by atoms with Gasteiger partial charge in [-0.05, 0) is 56.0 Å². The molecule has 2 aromatic rings. The number of amidine groups is 1. The largest absolute Gasteiger partial charge is 0.385 e. The van der Waals surface area contributed by atoms with E-state index in [0.717, 1.165) is 29.8 Å². The molecular formula is C27H30N4O3. The third-order valence-corrected chi connectivity index (χ3v) is 6.89. The summed E-state index contributed by atoms with van der Waals surface area (Å²) in [5.41, 5.74) is 3.01. The summed E-state index contributed by atoms with van der Waals surface area (Å²) in [7, 11) is 0. The van der Waals surface area contributed by atoms with Crippen molar-refractivity contribution in [3.63, 3.8) is 0 Å².